The van der Waals surface area contributed by atoms with Gasteiger partial charge in [-0.3, -0.25) is 4.79 Å². The highest BCUT2D eigenvalue weighted by Crippen LogP contribution is 2.18. The van der Waals surface area contributed by atoms with Crippen molar-refractivity contribution in [2.75, 3.05) is 38.1 Å². The van der Waals surface area contributed by atoms with Crippen molar-refractivity contribution in [3.05, 3.63) is 65.4 Å². The minimum atomic E-state index is -0.470. The van der Waals surface area contributed by atoms with Crippen molar-refractivity contribution in [1.29, 1.82) is 0 Å². The molecule has 4 rings (SSSR count). The Kier molecular flexibility index (Phi) is 6.67. The molecule has 10 heteroatoms. The number of rotatable bonds is 5. The van der Waals surface area contributed by atoms with Gasteiger partial charge in [0.1, 0.15) is 11.5 Å². The second kappa shape index (κ2) is 9.82. The van der Waals surface area contributed by atoms with E-state index < -0.39 is 5.97 Å². The Hall–Kier alpha value is -4.08. The van der Waals surface area contributed by atoms with Crippen LogP contribution in [0.15, 0.2) is 47.0 Å². The summed E-state index contributed by atoms with van der Waals surface area (Å²) < 4.78 is 12.0. The third kappa shape index (κ3) is 4.95. The van der Waals surface area contributed by atoms with Crippen LogP contribution in [0.2, 0.25) is 0 Å². The SMILES string of the molecule is CCOC(=O)c1ccn(-c2ccc(NC(=O)N3CCN(C(=O)c4cc(C)oc4C)CC3)cc2)n1. The average Bonchev–Trinajstić information content (AvgIpc) is 3.46. The number of nitrogens with one attached hydrogen (secondary N) is 1. The molecule has 10 nitrogen and oxygen atoms in total. The molecule has 1 aliphatic rings. The third-order valence-electron chi connectivity index (χ3n) is 5.58. The van der Waals surface area contributed by atoms with Crippen LogP contribution in [0.4, 0.5) is 10.5 Å². The average molecular weight is 466 g/mol. The monoisotopic (exact) mass is 465 g/mol. The number of aromatic nitrogens is 2. The molecule has 3 heterocycles. The third-order valence-corrected chi connectivity index (χ3v) is 5.58. The number of ether oxygens (including phenoxy) is 1. The molecule has 1 aromatic carbocycles. The zero-order chi connectivity index (χ0) is 24.2. The number of carbonyl (C=O) groups excluding carboxylic acids is 3. The minimum absolute atomic E-state index is 0.0743. The summed E-state index contributed by atoms with van der Waals surface area (Å²) in [7, 11) is 0. The molecule has 0 bridgehead atoms. The molecule has 0 spiro atoms. The molecule has 0 radical (unpaired) electrons. The maximum atomic E-state index is 12.7. The van der Waals surface area contributed by atoms with Gasteiger partial charge in [0, 0.05) is 38.1 Å². The number of aryl methyl sites for hydroxylation is 2. The van der Waals surface area contributed by atoms with Gasteiger partial charge in [0.15, 0.2) is 5.69 Å². The molecule has 1 saturated heterocycles. The van der Waals surface area contributed by atoms with Crippen molar-refractivity contribution in [1.82, 2.24) is 19.6 Å². The predicted octanol–water partition coefficient (Wildman–Crippen LogP) is 3.25. The van der Waals surface area contributed by atoms with Crippen LogP contribution in [-0.2, 0) is 4.74 Å². The zero-order valence-corrected chi connectivity index (χ0v) is 19.4. The van der Waals surface area contributed by atoms with E-state index in [1.54, 1.807) is 70.9 Å². The lowest BCUT2D eigenvalue weighted by molar-refractivity contribution is 0.0518. The molecule has 1 aliphatic heterocycles. The zero-order valence-electron chi connectivity index (χ0n) is 19.4. The van der Waals surface area contributed by atoms with Crippen molar-refractivity contribution in [3.63, 3.8) is 0 Å². The maximum absolute atomic E-state index is 12.7. The first-order chi connectivity index (χ1) is 16.4. The Morgan fingerprint density at radius 1 is 1.03 bits per heavy atom. The smallest absolute Gasteiger partial charge is 0.358 e. The summed E-state index contributed by atoms with van der Waals surface area (Å²) in [6.07, 6.45) is 1.67. The largest absolute Gasteiger partial charge is 0.466 e. The summed E-state index contributed by atoms with van der Waals surface area (Å²) >= 11 is 0. The van der Waals surface area contributed by atoms with Crippen LogP contribution in [0.3, 0.4) is 0 Å². The lowest BCUT2D eigenvalue weighted by Crippen LogP contribution is -2.51. The van der Waals surface area contributed by atoms with Gasteiger partial charge in [-0.1, -0.05) is 0 Å². The van der Waals surface area contributed by atoms with Crippen LogP contribution >= 0.6 is 0 Å². The molecule has 1 fully saturated rings. The molecule has 3 amide bonds. The van der Waals surface area contributed by atoms with Gasteiger partial charge in [0.2, 0.25) is 0 Å². The maximum Gasteiger partial charge on any atom is 0.358 e. The first kappa shape index (κ1) is 23.1. The summed E-state index contributed by atoms with van der Waals surface area (Å²) in [5, 5.41) is 7.10. The fourth-order valence-corrected chi connectivity index (χ4v) is 3.81. The molecule has 0 unspecified atom stereocenters. The highest BCUT2D eigenvalue weighted by molar-refractivity contribution is 5.95. The Morgan fingerprint density at radius 2 is 1.71 bits per heavy atom. The van der Waals surface area contributed by atoms with Gasteiger partial charge < -0.3 is 24.3 Å². The van der Waals surface area contributed by atoms with Crippen molar-refractivity contribution < 1.29 is 23.5 Å². The number of nitrogens with zero attached hydrogens (tertiary/aromatic N) is 4. The number of anilines is 1. The van der Waals surface area contributed by atoms with Crippen LogP contribution < -0.4 is 5.32 Å². The number of esters is 1. The first-order valence-corrected chi connectivity index (χ1v) is 11.1. The molecule has 1 N–H and O–H groups in total. The molecular formula is C24H27N5O5. The van der Waals surface area contributed by atoms with Gasteiger partial charge in [-0.05, 0) is 57.2 Å². The van der Waals surface area contributed by atoms with Crippen LogP contribution in [0, 0.1) is 13.8 Å². The topological polar surface area (TPSA) is 110 Å². The van der Waals surface area contributed by atoms with Gasteiger partial charge in [0.05, 0.1) is 17.9 Å². The highest BCUT2D eigenvalue weighted by Gasteiger charge is 2.27. The van der Waals surface area contributed by atoms with E-state index >= 15 is 0 Å². The number of benzene rings is 1. The van der Waals surface area contributed by atoms with Crippen LogP contribution in [-0.4, -0.2) is 70.3 Å². The summed E-state index contributed by atoms with van der Waals surface area (Å²) in [4.78, 5) is 40.6. The van der Waals surface area contributed by atoms with Crippen molar-refractivity contribution in [2.24, 2.45) is 0 Å². The number of piperazine rings is 1. The molecule has 2 aromatic heterocycles. The van der Waals surface area contributed by atoms with E-state index in [-0.39, 0.29) is 24.2 Å². The van der Waals surface area contributed by atoms with E-state index in [9.17, 15) is 14.4 Å². The van der Waals surface area contributed by atoms with Crippen LogP contribution in [0.1, 0.15) is 39.3 Å². The summed E-state index contributed by atoms with van der Waals surface area (Å²) in [5.74, 6) is 0.770. The number of hydrogen-bond acceptors (Lipinski definition) is 6. The lowest BCUT2D eigenvalue weighted by atomic mass is 10.2. The Labute approximate surface area is 197 Å². The van der Waals surface area contributed by atoms with Gasteiger partial charge in [-0.25, -0.2) is 14.3 Å². The number of urea groups is 1. The normalized spacial score (nSPS) is 13.6. The van der Waals surface area contributed by atoms with E-state index in [1.165, 1.54) is 0 Å². The fourth-order valence-electron chi connectivity index (χ4n) is 3.81. The van der Waals surface area contributed by atoms with Gasteiger partial charge in [-0.15, -0.1) is 0 Å². The van der Waals surface area contributed by atoms with E-state index in [2.05, 4.69) is 10.4 Å². The Morgan fingerprint density at radius 3 is 2.32 bits per heavy atom. The highest BCUT2D eigenvalue weighted by atomic mass is 16.5. The lowest BCUT2D eigenvalue weighted by Gasteiger charge is -2.34. The second-order valence-electron chi connectivity index (χ2n) is 7.95. The van der Waals surface area contributed by atoms with Crippen molar-refractivity contribution in [2.45, 2.75) is 20.8 Å². The molecule has 0 atom stereocenters. The van der Waals surface area contributed by atoms with Gasteiger partial charge in [-0.2, -0.15) is 5.10 Å². The number of furan rings is 1. The quantitative estimate of drug-likeness (QED) is 0.579. The Bertz CT molecular complexity index is 1190. The minimum Gasteiger partial charge on any atom is -0.466 e. The van der Waals surface area contributed by atoms with Crippen molar-refractivity contribution >= 4 is 23.6 Å². The van der Waals surface area contributed by atoms with E-state index in [0.29, 0.717) is 49.0 Å². The summed E-state index contributed by atoms with van der Waals surface area (Å²) in [6.45, 7) is 7.41. The molecule has 3 aromatic rings. The van der Waals surface area contributed by atoms with E-state index in [1.807, 2.05) is 6.92 Å². The fraction of sp³-hybridized carbons (Fsp3) is 0.333. The molecular weight excluding hydrogens is 438 g/mol. The standard InChI is InChI=1S/C24H27N5O5/c1-4-33-23(31)21-9-10-29(26-21)19-7-5-18(6-8-19)25-24(32)28-13-11-27(12-14-28)22(30)20-15-16(2)34-17(20)3/h5-10,15H,4,11-14H2,1-3H3,(H,25,32). The van der Waals surface area contributed by atoms with E-state index in [0.717, 1.165) is 5.69 Å². The number of amides is 3. The number of hydrogen-bond donors (Lipinski definition) is 1. The molecule has 178 valence electrons. The van der Waals surface area contributed by atoms with Crippen molar-refractivity contribution in [3.8, 4) is 5.69 Å². The molecule has 34 heavy (non-hydrogen) atoms. The Balaban J connectivity index is 1.31. The summed E-state index contributed by atoms with van der Waals surface area (Å²) in [6, 6.07) is 10.2. The number of carbonyl (C=O) groups is 3. The van der Waals surface area contributed by atoms with Gasteiger partial charge in [0.25, 0.3) is 5.91 Å². The molecule has 0 saturated carbocycles. The predicted molar refractivity (Wildman–Crippen MR) is 124 cm³/mol. The van der Waals surface area contributed by atoms with Gasteiger partial charge >= 0.3 is 12.0 Å². The van der Waals surface area contributed by atoms with Crippen LogP contribution in [0.5, 0.6) is 0 Å². The molecule has 0 aliphatic carbocycles. The van der Waals surface area contributed by atoms with Crippen LogP contribution in [0.25, 0.3) is 5.69 Å². The first-order valence-electron chi connectivity index (χ1n) is 11.1. The van der Waals surface area contributed by atoms with E-state index in [4.69, 9.17) is 9.15 Å². The second-order valence-corrected chi connectivity index (χ2v) is 7.95. The summed E-state index contributed by atoms with van der Waals surface area (Å²) in [5.41, 5.74) is 2.18.